The largest absolute Gasteiger partial charge is 0.481 e. The van der Waals surface area contributed by atoms with Crippen LogP contribution in [-0.4, -0.2) is 41.6 Å². The van der Waals surface area contributed by atoms with Crippen LogP contribution in [0.5, 0.6) is 0 Å². The number of aliphatic carboxylic acids is 1. The maximum Gasteiger partial charge on any atom is 0.317 e. The van der Waals surface area contributed by atoms with Crippen molar-refractivity contribution in [2.45, 2.75) is 38.0 Å². The normalized spacial score (nSPS) is 20.1. The number of nitrogens with one attached hydrogen (secondary N) is 1. The molecular formula is C18H24N2O3. The van der Waals surface area contributed by atoms with E-state index in [9.17, 15) is 9.59 Å². The molecule has 23 heavy (non-hydrogen) atoms. The first-order valence-electron chi connectivity index (χ1n) is 8.33. The summed E-state index contributed by atoms with van der Waals surface area (Å²) in [4.78, 5) is 25.0. The van der Waals surface area contributed by atoms with Crippen LogP contribution in [0.25, 0.3) is 0 Å². The molecule has 2 amide bonds. The number of carboxylic acids is 1. The molecular weight excluding hydrogens is 292 g/mol. The fraction of sp³-hybridized carbons (Fsp3) is 0.556. The van der Waals surface area contributed by atoms with Gasteiger partial charge in [0.05, 0.1) is 5.92 Å². The van der Waals surface area contributed by atoms with Crippen molar-refractivity contribution in [3.05, 3.63) is 35.4 Å². The van der Waals surface area contributed by atoms with Gasteiger partial charge < -0.3 is 15.3 Å². The van der Waals surface area contributed by atoms with Crippen LogP contribution in [0.2, 0.25) is 0 Å². The lowest BCUT2D eigenvalue weighted by Crippen LogP contribution is -2.47. The molecule has 0 atom stereocenters. The van der Waals surface area contributed by atoms with E-state index in [1.165, 1.54) is 11.1 Å². The molecule has 1 aliphatic heterocycles. The van der Waals surface area contributed by atoms with Crippen LogP contribution in [-0.2, 0) is 10.2 Å². The van der Waals surface area contributed by atoms with E-state index in [1.807, 2.05) is 6.07 Å². The lowest BCUT2D eigenvalue weighted by molar-refractivity contribution is -0.143. The number of benzene rings is 1. The SMILES string of the molecule is Cc1ccccc1C1(CNC(=O)N2CCC(C(=O)O)CC2)CC1. The van der Waals surface area contributed by atoms with Gasteiger partial charge in [-0.1, -0.05) is 24.3 Å². The Bertz CT molecular complexity index is 602. The van der Waals surface area contributed by atoms with Gasteiger partial charge >= 0.3 is 12.0 Å². The zero-order chi connectivity index (χ0) is 16.4. The first-order valence-corrected chi connectivity index (χ1v) is 8.33. The summed E-state index contributed by atoms with van der Waals surface area (Å²) in [5.41, 5.74) is 2.71. The highest BCUT2D eigenvalue weighted by molar-refractivity contribution is 5.75. The minimum atomic E-state index is -0.749. The Morgan fingerprint density at radius 1 is 1.26 bits per heavy atom. The third-order valence-electron chi connectivity index (χ3n) is 5.28. The molecule has 0 radical (unpaired) electrons. The highest BCUT2D eigenvalue weighted by Crippen LogP contribution is 2.48. The van der Waals surface area contributed by atoms with Gasteiger partial charge in [-0.2, -0.15) is 0 Å². The Labute approximate surface area is 136 Å². The minimum absolute atomic E-state index is 0.0614. The molecule has 0 aromatic heterocycles. The van der Waals surface area contributed by atoms with Crippen LogP contribution in [0, 0.1) is 12.8 Å². The molecule has 3 rings (SSSR count). The molecule has 0 spiro atoms. The number of carboxylic acid groups (broad SMARTS) is 1. The van der Waals surface area contributed by atoms with Gasteiger partial charge in [-0.15, -0.1) is 0 Å². The van der Waals surface area contributed by atoms with Gasteiger partial charge in [-0.05, 0) is 43.7 Å². The molecule has 1 heterocycles. The van der Waals surface area contributed by atoms with Crippen molar-refractivity contribution in [3.63, 3.8) is 0 Å². The van der Waals surface area contributed by atoms with E-state index in [2.05, 4.69) is 30.4 Å². The van der Waals surface area contributed by atoms with Crippen LogP contribution in [0.15, 0.2) is 24.3 Å². The highest BCUT2D eigenvalue weighted by atomic mass is 16.4. The van der Waals surface area contributed by atoms with Gasteiger partial charge in [0.15, 0.2) is 0 Å². The molecule has 0 bridgehead atoms. The van der Waals surface area contributed by atoms with Gasteiger partial charge in [-0.3, -0.25) is 4.79 Å². The van der Waals surface area contributed by atoms with Crippen LogP contribution in [0.1, 0.15) is 36.8 Å². The molecule has 1 aromatic rings. The Morgan fingerprint density at radius 2 is 1.91 bits per heavy atom. The van der Waals surface area contributed by atoms with E-state index in [4.69, 9.17) is 5.11 Å². The molecule has 2 fully saturated rings. The average Bonchev–Trinajstić information content (AvgIpc) is 3.34. The number of hydrogen-bond acceptors (Lipinski definition) is 2. The summed E-state index contributed by atoms with van der Waals surface area (Å²) in [6, 6.07) is 8.32. The number of piperidine rings is 1. The van der Waals surface area contributed by atoms with Crippen molar-refractivity contribution in [1.82, 2.24) is 10.2 Å². The van der Waals surface area contributed by atoms with Crippen LogP contribution >= 0.6 is 0 Å². The van der Waals surface area contributed by atoms with Gasteiger partial charge in [0.2, 0.25) is 0 Å². The number of carbonyl (C=O) groups is 2. The number of urea groups is 1. The summed E-state index contributed by atoms with van der Waals surface area (Å²) in [6.45, 7) is 3.84. The summed E-state index contributed by atoms with van der Waals surface area (Å²) in [6.07, 6.45) is 3.32. The molecule has 1 aromatic carbocycles. The second-order valence-corrected chi connectivity index (χ2v) is 6.85. The van der Waals surface area contributed by atoms with Crippen LogP contribution < -0.4 is 5.32 Å². The highest BCUT2D eigenvalue weighted by Gasteiger charge is 2.45. The monoisotopic (exact) mass is 316 g/mol. The number of aryl methyl sites for hydroxylation is 1. The molecule has 1 saturated carbocycles. The summed E-state index contributed by atoms with van der Waals surface area (Å²) in [5, 5.41) is 12.1. The molecule has 2 N–H and O–H groups in total. The molecule has 5 heteroatoms. The first-order chi connectivity index (χ1) is 11.0. The number of hydrogen-bond donors (Lipinski definition) is 2. The number of amides is 2. The predicted molar refractivity (Wildman–Crippen MR) is 87.4 cm³/mol. The Kier molecular flexibility index (Phi) is 4.28. The van der Waals surface area contributed by atoms with E-state index in [0.29, 0.717) is 32.5 Å². The number of nitrogens with zero attached hydrogens (tertiary/aromatic N) is 1. The maximum atomic E-state index is 12.3. The molecule has 0 unspecified atom stereocenters. The van der Waals surface area contributed by atoms with Crippen LogP contribution in [0.4, 0.5) is 4.79 Å². The summed E-state index contributed by atoms with van der Waals surface area (Å²) in [7, 11) is 0. The van der Waals surface area contributed by atoms with Gasteiger partial charge in [-0.25, -0.2) is 4.79 Å². The second-order valence-electron chi connectivity index (χ2n) is 6.85. The Balaban J connectivity index is 1.54. The molecule has 2 aliphatic rings. The first kappa shape index (κ1) is 15.8. The third kappa shape index (κ3) is 3.33. The predicted octanol–water partition coefficient (Wildman–Crippen LogP) is 2.53. The van der Waals surface area contributed by atoms with Crippen molar-refractivity contribution in [1.29, 1.82) is 0 Å². The topological polar surface area (TPSA) is 69.6 Å². The van der Waals surface area contributed by atoms with E-state index < -0.39 is 5.97 Å². The smallest absolute Gasteiger partial charge is 0.317 e. The Hall–Kier alpha value is -2.04. The Morgan fingerprint density at radius 3 is 2.48 bits per heavy atom. The van der Waals surface area contributed by atoms with E-state index in [-0.39, 0.29) is 17.4 Å². The molecule has 124 valence electrons. The van der Waals surface area contributed by atoms with Crippen LogP contribution in [0.3, 0.4) is 0 Å². The quantitative estimate of drug-likeness (QED) is 0.897. The van der Waals surface area contributed by atoms with Crippen molar-refractivity contribution in [2.24, 2.45) is 5.92 Å². The third-order valence-corrected chi connectivity index (χ3v) is 5.28. The van der Waals surface area contributed by atoms with Gasteiger partial charge in [0.1, 0.15) is 0 Å². The number of carbonyl (C=O) groups excluding carboxylic acids is 1. The minimum Gasteiger partial charge on any atom is -0.481 e. The molecule has 5 nitrogen and oxygen atoms in total. The summed E-state index contributed by atoms with van der Waals surface area (Å²) in [5.74, 6) is -1.05. The maximum absolute atomic E-state index is 12.3. The van der Waals surface area contributed by atoms with Crippen molar-refractivity contribution in [2.75, 3.05) is 19.6 Å². The van der Waals surface area contributed by atoms with E-state index >= 15 is 0 Å². The second kappa shape index (κ2) is 6.22. The van der Waals surface area contributed by atoms with E-state index in [0.717, 1.165) is 12.8 Å². The number of likely N-dealkylation sites (tertiary alicyclic amines) is 1. The summed E-state index contributed by atoms with van der Waals surface area (Å²) < 4.78 is 0. The fourth-order valence-electron chi connectivity index (χ4n) is 3.55. The summed E-state index contributed by atoms with van der Waals surface area (Å²) >= 11 is 0. The molecule has 1 saturated heterocycles. The lowest BCUT2D eigenvalue weighted by atomic mass is 9.92. The standard InChI is InChI=1S/C18H24N2O3/c1-13-4-2-3-5-15(13)18(8-9-18)12-19-17(23)20-10-6-14(7-11-20)16(21)22/h2-5,14H,6-12H2,1H3,(H,19,23)(H,21,22). The zero-order valence-corrected chi connectivity index (χ0v) is 13.5. The fourth-order valence-corrected chi connectivity index (χ4v) is 3.55. The lowest BCUT2D eigenvalue weighted by Gasteiger charge is -2.31. The van der Waals surface area contributed by atoms with Crippen molar-refractivity contribution >= 4 is 12.0 Å². The molecule has 1 aliphatic carbocycles. The van der Waals surface area contributed by atoms with Crippen molar-refractivity contribution in [3.8, 4) is 0 Å². The average molecular weight is 316 g/mol. The van der Waals surface area contributed by atoms with E-state index in [1.54, 1.807) is 4.90 Å². The van der Waals surface area contributed by atoms with Gasteiger partial charge in [0, 0.05) is 25.0 Å². The zero-order valence-electron chi connectivity index (χ0n) is 13.5. The van der Waals surface area contributed by atoms with Gasteiger partial charge in [0.25, 0.3) is 0 Å². The number of rotatable bonds is 4. The van der Waals surface area contributed by atoms with Crippen molar-refractivity contribution < 1.29 is 14.7 Å².